The smallest absolute Gasteiger partial charge is 0.0492 e. The molecule has 0 saturated heterocycles. The maximum atomic E-state index is 3.85. The minimum Gasteiger partial charge on any atom is -0.290 e. The van der Waals surface area contributed by atoms with Crippen LogP contribution < -0.4 is 0 Å². The fraction of sp³-hybridized carbons (Fsp3) is 0.600. The van der Waals surface area contributed by atoms with Crippen molar-refractivity contribution >= 4 is 0 Å². The highest BCUT2D eigenvalue weighted by Gasteiger charge is 2.23. The van der Waals surface area contributed by atoms with E-state index in [9.17, 15) is 0 Å². The Balaban J connectivity index is 2.78. The summed E-state index contributed by atoms with van der Waals surface area (Å²) < 4.78 is 0. The Labute approximate surface area is 69.4 Å². The summed E-state index contributed by atoms with van der Waals surface area (Å²) in [6.45, 7) is 12.7. The molecule has 0 amide bonds. The Morgan fingerprint density at radius 1 is 1.64 bits per heavy atom. The van der Waals surface area contributed by atoms with Gasteiger partial charge in [-0.15, -0.1) is 6.58 Å². The summed E-state index contributed by atoms with van der Waals surface area (Å²) in [6.07, 6.45) is 2.04. The van der Waals surface area contributed by atoms with Crippen LogP contribution in [-0.4, -0.2) is 24.0 Å². The topological polar surface area (TPSA) is 3.24 Å². The molecule has 1 heterocycles. The Hall–Kier alpha value is -0.560. The molecule has 1 rings (SSSR count). The van der Waals surface area contributed by atoms with E-state index in [2.05, 4.69) is 32.3 Å². The van der Waals surface area contributed by atoms with Gasteiger partial charge >= 0.3 is 0 Å². The van der Waals surface area contributed by atoms with Gasteiger partial charge in [-0.1, -0.05) is 24.1 Å². The molecule has 1 nitrogen and oxygen atoms in total. The molecule has 0 N–H and O–H groups in total. The van der Waals surface area contributed by atoms with Gasteiger partial charge in [0.25, 0.3) is 0 Å². The molecular formula is C10H17N. The highest BCUT2D eigenvalue weighted by molar-refractivity contribution is 5.28. The van der Waals surface area contributed by atoms with Crippen LogP contribution in [0.3, 0.4) is 0 Å². The fourth-order valence-corrected chi connectivity index (χ4v) is 1.69. The zero-order valence-corrected chi connectivity index (χ0v) is 7.72. The first-order valence-electron chi connectivity index (χ1n) is 4.23. The van der Waals surface area contributed by atoms with Gasteiger partial charge in [-0.25, -0.2) is 0 Å². The molecule has 0 aliphatic carbocycles. The van der Waals surface area contributed by atoms with Gasteiger partial charge in [0, 0.05) is 12.6 Å². The standard InChI is InChI=1S/C10H17N/c1-5-10-9(4)8(3)7-11(10)6-2/h5,10H,1,6-7H2,2-4H3. The number of nitrogens with zero attached hydrogens (tertiary/aromatic N) is 1. The predicted octanol–water partition coefficient (Wildman–Crippen LogP) is 2.21. The molecule has 1 aliphatic heterocycles. The first-order valence-corrected chi connectivity index (χ1v) is 4.23. The summed E-state index contributed by atoms with van der Waals surface area (Å²) >= 11 is 0. The Morgan fingerprint density at radius 3 is 2.64 bits per heavy atom. The zero-order chi connectivity index (χ0) is 8.43. The summed E-state index contributed by atoms with van der Waals surface area (Å²) in [5, 5.41) is 0. The van der Waals surface area contributed by atoms with E-state index in [1.807, 2.05) is 6.08 Å². The Morgan fingerprint density at radius 2 is 2.27 bits per heavy atom. The van der Waals surface area contributed by atoms with Crippen LogP contribution in [-0.2, 0) is 0 Å². The molecule has 0 bridgehead atoms. The second kappa shape index (κ2) is 3.22. The number of hydrogen-bond donors (Lipinski definition) is 0. The summed E-state index contributed by atoms with van der Waals surface area (Å²) in [5.74, 6) is 0. The van der Waals surface area contributed by atoms with Gasteiger partial charge in [0.05, 0.1) is 0 Å². The Bertz CT molecular complexity index is 191. The molecule has 1 unspecified atom stereocenters. The highest BCUT2D eigenvalue weighted by Crippen LogP contribution is 2.23. The van der Waals surface area contributed by atoms with Gasteiger partial charge in [-0.2, -0.15) is 0 Å². The molecule has 0 spiro atoms. The normalized spacial score (nSPS) is 26.3. The second-order valence-corrected chi connectivity index (χ2v) is 3.21. The van der Waals surface area contributed by atoms with Crippen molar-refractivity contribution in [3.63, 3.8) is 0 Å². The number of rotatable bonds is 2. The van der Waals surface area contributed by atoms with Crippen molar-refractivity contribution in [3.05, 3.63) is 23.8 Å². The quantitative estimate of drug-likeness (QED) is 0.547. The molecular weight excluding hydrogens is 134 g/mol. The molecule has 62 valence electrons. The summed E-state index contributed by atoms with van der Waals surface area (Å²) in [4.78, 5) is 2.43. The van der Waals surface area contributed by atoms with Gasteiger partial charge in [0.15, 0.2) is 0 Å². The van der Waals surface area contributed by atoms with E-state index in [-0.39, 0.29) is 0 Å². The van der Waals surface area contributed by atoms with Crippen molar-refractivity contribution in [1.82, 2.24) is 4.90 Å². The molecule has 11 heavy (non-hydrogen) atoms. The lowest BCUT2D eigenvalue weighted by Gasteiger charge is -2.20. The van der Waals surface area contributed by atoms with Crippen molar-refractivity contribution in [3.8, 4) is 0 Å². The lowest BCUT2D eigenvalue weighted by molar-refractivity contribution is 0.314. The molecule has 0 aromatic rings. The third-order valence-corrected chi connectivity index (χ3v) is 2.58. The molecule has 0 radical (unpaired) electrons. The Kier molecular flexibility index (Phi) is 2.50. The molecule has 1 atom stereocenters. The maximum absolute atomic E-state index is 3.85. The average Bonchev–Trinajstić information content (AvgIpc) is 2.28. The van der Waals surface area contributed by atoms with Crippen LogP contribution in [0.1, 0.15) is 20.8 Å². The van der Waals surface area contributed by atoms with Crippen LogP contribution in [0.15, 0.2) is 23.8 Å². The first-order chi connectivity index (χ1) is 5.20. The second-order valence-electron chi connectivity index (χ2n) is 3.21. The highest BCUT2D eigenvalue weighted by atomic mass is 15.2. The minimum atomic E-state index is 0.500. The van der Waals surface area contributed by atoms with E-state index in [4.69, 9.17) is 0 Å². The minimum absolute atomic E-state index is 0.500. The summed E-state index contributed by atoms with van der Waals surface area (Å²) in [6, 6.07) is 0.500. The van der Waals surface area contributed by atoms with Gasteiger partial charge in [-0.05, 0) is 20.4 Å². The van der Waals surface area contributed by atoms with Crippen molar-refractivity contribution in [1.29, 1.82) is 0 Å². The third-order valence-electron chi connectivity index (χ3n) is 2.58. The van der Waals surface area contributed by atoms with Crippen molar-refractivity contribution < 1.29 is 0 Å². The van der Waals surface area contributed by atoms with Crippen LogP contribution in [0.25, 0.3) is 0 Å². The largest absolute Gasteiger partial charge is 0.290 e. The fourth-order valence-electron chi connectivity index (χ4n) is 1.69. The molecule has 0 fully saturated rings. The van der Waals surface area contributed by atoms with Gasteiger partial charge in [-0.3, -0.25) is 4.90 Å². The number of likely N-dealkylation sites (N-methyl/N-ethyl adjacent to an activating group) is 1. The van der Waals surface area contributed by atoms with Gasteiger partial charge in [0.2, 0.25) is 0 Å². The molecule has 1 aliphatic rings. The van der Waals surface area contributed by atoms with E-state index in [0.29, 0.717) is 6.04 Å². The van der Waals surface area contributed by atoms with E-state index in [0.717, 1.165) is 13.1 Å². The average molecular weight is 151 g/mol. The van der Waals surface area contributed by atoms with Crippen LogP contribution in [0.2, 0.25) is 0 Å². The SMILES string of the molecule is C=CC1C(C)=C(C)CN1CC. The maximum Gasteiger partial charge on any atom is 0.0492 e. The first kappa shape index (κ1) is 8.54. The van der Waals surface area contributed by atoms with Crippen molar-refractivity contribution in [2.24, 2.45) is 0 Å². The van der Waals surface area contributed by atoms with Gasteiger partial charge < -0.3 is 0 Å². The monoisotopic (exact) mass is 151 g/mol. The van der Waals surface area contributed by atoms with E-state index in [1.165, 1.54) is 11.1 Å². The molecule has 0 aromatic carbocycles. The lowest BCUT2D eigenvalue weighted by atomic mass is 10.1. The molecule has 1 heteroatoms. The third kappa shape index (κ3) is 1.38. The molecule has 0 saturated carbocycles. The van der Waals surface area contributed by atoms with Crippen LogP contribution in [0, 0.1) is 0 Å². The predicted molar refractivity (Wildman–Crippen MR) is 49.6 cm³/mol. The van der Waals surface area contributed by atoms with Crippen LogP contribution in [0.4, 0.5) is 0 Å². The van der Waals surface area contributed by atoms with E-state index < -0.39 is 0 Å². The van der Waals surface area contributed by atoms with E-state index in [1.54, 1.807) is 0 Å². The van der Waals surface area contributed by atoms with Crippen LogP contribution >= 0.6 is 0 Å². The zero-order valence-electron chi connectivity index (χ0n) is 7.72. The van der Waals surface area contributed by atoms with Crippen LogP contribution in [0.5, 0.6) is 0 Å². The summed E-state index contributed by atoms with van der Waals surface area (Å²) in [5.41, 5.74) is 3.00. The van der Waals surface area contributed by atoms with Gasteiger partial charge in [0.1, 0.15) is 0 Å². The number of hydrogen-bond acceptors (Lipinski definition) is 1. The lowest BCUT2D eigenvalue weighted by Crippen LogP contribution is -2.29. The van der Waals surface area contributed by atoms with Crippen molar-refractivity contribution in [2.45, 2.75) is 26.8 Å². The molecule has 0 aromatic heterocycles. The van der Waals surface area contributed by atoms with Crippen molar-refractivity contribution in [2.75, 3.05) is 13.1 Å². The van der Waals surface area contributed by atoms with E-state index >= 15 is 0 Å². The summed E-state index contributed by atoms with van der Waals surface area (Å²) in [7, 11) is 0.